The van der Waals surface area contributed by atoms with E-state index in [1.54, 1.807) is 19.1 Å². The lowest BCUT2D eigenvalue weighted by atomic mass is 10.1. The maximum absolute atomic E-state index is 11.9. The first-order valence-corrected chi connectivity index (χ1v) is 9.83. The molecule has 0 aromatic carbocycles. The van der Waals surface area contributed by atoms with E-state index in [0.29, 0.717) is 0 Å². The van der Waals surface area contributed by atoms with Crippen LogP contribution in [0.1, 0.15) is 45.4 Å². The lowest BCUT2D eigenvalue weighted by Crippen LogP contribution is -2.58. The molecule has 0 aliphatic rings. The van der Waals surface area contributed by atoms with E-state index in [2.05, 4.69) is 13.2 Å². The van der Waals surface area contributed by atoms with Crippen molar-refractivity contribution in [2.24, 2.45) is 0 Å². The fourth-order valence-corrected chi connectivity index (χ4v) is 2.44. The van der Waals surface area contributed by atoms with E-state index < -0.39 is 23.8 Å². The van der Waals surface area contributed by atoms with Crippen LogP contribution in [-0.4, -0.2) is 53.9 Å². The molecule has 2 atom stereocenters. The van der Waals surface area contributed by atoms with Gasteiger partial charge in [0.25, 0.3) is 0 Å². The maximum atomic E-state index is 11.9. The molecule has 7 nitrogen and oxygen atoms in total. The number of carboxylic acids is 2. The Morgan fingerprint density at radius 3 is 1.90 bits per heavy atom. The Bertz CT molecular complexity index is 553. The smallest absolute Gasteiger partial charge is 0.368 e. The van der Waals surface area contributed by atoms with Gasteiger partial charge >= 0.3 is 17.7 Å². The van der Waals surface area contributed by atoms with Crippen LogP contribution in [0.3, 0.4) is 0 Å². The van der Waals surface area contributed by atoms with E-state index in [9.17, 15) is 19.8 Å². The highest BCUT2D eigenvalue weighted by molar-refractivity contribution is 5.86. The first-order chi connectivity index (χ1) is 14.0. The summed E-state index contributed by atoms with van der Waals surface area (Å²) in [6.45, 7) is 8.59. The van der Waals surface area contributed by atoms with E-state index in [4.69, 9.17) is 14.2 Å². The molecule has 2 unspecified atom stereocenters. The van der Waals surface area contributed by atoms with Crippen LogP contribution in [0, 0.1) is 0 Å². The van der Waals surface area contributed by atoms with Crippen LogP contribution in [0.25, 0.3) is 0 Å². The van der Waals surface area contributed by atoms with Crippen molar-refractivity contribution in [3.8, 4) is 0 Å². The van der Waals surface area contributed by atoms with Gasteiger partial charge in [0.1, 0.15) is 0 Å². The minimum atomic E-state index is -2.44. The largest absolute Gasteiger partial charge is 0.479 e. The van der Waals surface area contributed by atoms with Crippen LogP contribution in [-0.2, 0) is 23.8 Å². The van der Waals surface area contributed by atoms with Gasteiger partial charge in [-0.15, -0.1) is 13.2 Å². The second-order valence-electron chi connectivity index (χ2n) is 6.15. The Hall–Kier alpha value is -2.22. The second-order valence-corrected chi connectivity index (χ2v) is 6.15. The predicted molar refractivity (Wildman–Crippen MR) is 112 cm³/mol. The Labute approximate surface area is 173 Å². The molecule has 0 rings (SSSR count). The van der Waals surface area contributed by atoms with Crippen LogP contribution in [0.2, 0.25) is 0 Å². The van der Waals surface area contributed by atoms with Crippen molar-refractivity contribution in [2.45, 2.75) is 57.3 Å². The molecular weight excluding hydrogens is 376 g/mol. The number of ether oxygens (including phenoxy) is 3. The Morgan fingerprint density at radius 1 is 0.897 bits per heavy atom. The summed E-state index contributed by atoms with van der Waals surface area (Å²) >= 11 is 0. The summed E-state index contributed by atoms with van der Waals surface area (Å²) < 4.78 is 16.0. The van der Waals surface area contributed by atoms with Gasteiger partial charge in [-0.3, -0.25) is 0 Å². The summed E-state index contributed by atoms with van der Waals surface area (Å²) in [6, 6.07) is 0. The van der Waals surface area contributed by atoms with Crippen molar-refractivity contribution in [1.29, 1.82) is 0 Å². The fourth-order valence-electron chi connectivity index (χ4n) is 2.44. The number of aliphatic carboxylic acids is 2. The lowest BCUT2D eigenvalue weighted by Gasteiger charge is -2.33. The standard InChI is InChI=1S/C22H34O7/c1-4-7-9-11-13-15-17-27-19(20(23)24)22(21(25)26,28-6-3)29-18-16-14-12-10-8-5-2/h4-5,13-16,19H,1-2,6-12,17-18H2,3H3,(H,23,24)(H,25,26). The zero-order valence-electron chi connectivity index (χ0n) is 17.3. The number of unbranched alkanes of at least 4 members (excludes halogenated alkanes) is 4. The Kier molecular flexibility index (Phi) is 15.4. The molecule has 164 valence electrons. The molecule has 0 amide bonds. The lowest BCUT2D eigenvalue weighted by molar-refractivity contribution is -0.278. The van der Waals surface area contributed by atoms with Crippen molar-refractivity contribution in [3.05, 3.63) is 49.6 Å². The molecule has 0 aromatic rings. The van der Waals surface area contributed by atoms with Gasteiger partial charge in [0.05, 0.1) is 13.2 Å². The summed E-state index contributed by atoms with van der Waals surface area (Å²) in [5.41, 5.74) is 0. The second kappa shape index (κ2) is 16.7. The van der Waals surface area contributed by atoms with E-state index in [1.807, 2.05) is 24.3 Å². The minimum Gasteiger partial charge on any atom is -0.479 e. The normalized spacial score (nSPS) is 14.7. The van der Waals surface area contributed by atoms with Gasteiger partial charge in [-0.2, -0.15) is 0 Å². The SMILES string of the molecule is C=CCCCC=CCOC(C(=O)O)C(OCC)(OCC=CCCCC=C)C(=O)O. The number of allylic oxidation sites excluding steroid dienone is 4. The zero-order valence-corrected chi connectivity index (χ0v) is 17.3. The van der Waals surface area contributed by atoms with E-state index in [-0.39, 0.29) is 19.8 Å². The van der Waals surface area contributed by atoms with Gasteiger partial charge in [-0.25, -0.2) is 9.59 Å². The molecule has 0 bridgehead atoms. The number of hydrogen-bond donors (Lipinski definition) is 2. The van der Waals surface area contributed by atoms with Gasteiger partial charge < -0.3 is 24.4 Å². The molecule has 0 spiro atoms. The van der Waals surface area contributed by atoms with Crippen LogP contribution in [0.15, 0.2) is 49.6 Å². The Balaban J connectivity index is 5.06. The van der Waals surface area contributed by atoms with E-state index in [0.717, 1.165) is 38.5 Å². The summed E-state index contributed by atoms with van der Waals surface area (Å²) in [5, 5.41) is 19.2. The highest BCUT2D eigenvalue weighted by Crippen LogP contribution is 2.23. The van der Waals surface area contributed by atoms with Crippen molar-refractivity contribution in [1.82, 2.24) is 0 Å². The molecule has 0 fully saturated rings. The van der Waals surface area contributed by atoms with Gasteiger partial charge in [0.15, 0.2) is 0 Å². The minimum absolute atomic E-state index is 0.0557. The number of carbonyl (C=O) groups is 2. The maximum Gasteiger partial charge on any atom is 0.368 e. The molecule has 0 saturated carbocycles. The quantitative estimate of drug-likeness (QED) is 0.188. The van der Waals surface area contributed by atoms with Crippen LogP contribution < -0.4 is 0 Å². The number of carboxylic acid groups (broad SMARTS) is 2. The van der Waals surface area contributed by atoms with Gasteiger partial charge in [0, 0.05) is 6.61 Å². The zero-order chi connectivity index (χ0) is 22.0. The third-order valence-electron chi connectivity index (χ3n) is 3.87. The molecule has 0 aliphatic heterocycles. The molecule has 0 radical (unpaired) electrons. The fraction of sp³-hybridized carbons (Fsp3) is 0.545. The number of hydrogen-bond acceptors (Lipinski definition) is 5. The topological polar surface area (TPSA) is 102 Å². The third kappa shape index (κ3) is 10.8. The van der Waals surface area contributed by atoms with Gasteiger partial charge in [-0.05, 0) is 45.4 Å². The molecular formula is C22H34O7. The van der Waals surface area contributed by atoms with Gasteiger partial charge in [-0.1, -0.05) is 36.5 Å². The van der Waals surface area contributed by atoms with Crippen molar-refractivity contribution in [2.75, 3.05) is 19.8 Å². The first-order valence-electron chi connectivity index (χ1n) is 9.83. The first kappa shape index (κ1) is 26.8. The molecule has 0 aliphatic carbocycles. The third-order valence-corrected chi connectivity index (χ3v) is 3.87. The molecule has 0 saturated heterocycles. The van der Waals surface area contributed by atoms with Crippen molar-refractivity contribution < 1.29 is 34.0 Å². The summed E-state index contributed by atoms with van der Waals surface area (Å²) in [7, 11) is 0. The predicted octanol–water partition coefficient (Wildman–Crippen LogP) is 4.12. The molecule has 2 N–H and O–H groups in total. The van der Waals surface area contributed by atoms with Gasteiger partial charge in [0.2, 0.25) is 6.10 Å². The molecule has 7 heteroatoms. The van der Waals surface area contributed by atoms with E-state index >= 15 is 0 Å². The highest BCUT2D eigenvalue weighted by Gasteiger charge is 2.54. The van der Waals surface area contributed by atoms with Crippen molar-refractivity contribution in [3.63, 3.8) is 0 Å². The highest BCUT2D eigenvalue weighted by atomic mass is 16.7. The summed E-state index contributed by atoms with van der Waals surface area (Å²) in [6.07, 6.45) is 13.9. The van der Waals surface area contributed by atoms with Crippen LogP contribution >= 0.6 is 0 Å². The molecule has 29 heavy (non-hydrogen) atoms. The summed E-state index contributed by atoms with van der Waals surface area (Å²) in [5.74, 6) is -5.47. The average Bonchev–Trinajstić information content (AvgIpc) is 2.68. The monoisotopic (exact) mass is 410 g/mol. The van der Waals surface area contributed by atoms with Crippen LogP contribution in [0.4, 0.5) is 0 Å². The van der Waals surface area contributed by atoms with Crippen LogP contribution in [0.5, 0.6) is 0 Å². The summed E-state index contributed by atoms with van der Waals surface area (Å²) in [4.78, 5) is 23.6. The number of rotatable bonds is 19. The van der Waals surface area contributed by atoms with Crippen molar-refractivity contribution >= 4 is 11.9 Å². The average molecular weight is 411 g/mol. The molecule has 0 heterocycles. The van der Waals surface area contributed by atoms with E-state index in [1.165, 1.54) is 0 Å². The Morgan fingerprint density at radius 2 is 1.45 bits per heavy atom. The molecule has 0 aromatic heterocycles.